The summed E-state index contributed by atoms with van der Waals surface area (Å²) in [7, 11) is 1.52. The van der Waals surface area contributed by atoms with Crippen molar-refractivity contribution in [2.45, 2.75) is 0 Å². The summed E-state index contributed by atoms with van der Waals surface area (Å²) in [6.45, 7) is 4.04. The normalized spacial score (nSPS) is 9.64. The molecular formula is C7H10N2O2. The van der Waals surface area contributed by atoms with E-state index in [1.54, 1.807) is 6.07 Å². The molecule has 1 aromatic heterocycles. The highest BCUT2D eigenvalue weighted by atomic mass is 16.5. The van der Waals surface area contributed by atoms with Gasteiger partial charge in [0, 0.05) is 18.2 Å². The third-order valence-electron chi connectivity index (χ3n) is 1.29. The third kappa shape index (κ3) is 1.59. The average Bonchev–Trinajstić information content (AvgIpc) is 2.50. The Hall–Kier alpha value is -1.29. The van der Waals surface area contributed by atoms with E-state index in [0.717, 1.165) is 0 Å². The van der Waals surface area contributed by atoms with Crippen LogP contribution in [0.2, 0.25) is 0 Å². The molecule has 0 atom stereocenters. The van der Waals surface area contributed by atoms with E-state index in [1.165, 1.54) is 7.11 Å². The summed E-state index contributed by atoms with van der Waals surface area (Å²) < 4.78 is 9.66. The minimum Gasteiger partial charge on any atom is -0.479 e. The Bertz CT molecular complexity index is 255. The van der Waals surface area contributed by atoms with E-state index in [9.17, 15) is 0 Å². The number of aromatic nitrogens is 1. The first-order valence-corrected chi connectivity index (χ1v) is 3.17. The summed E-state index contributed by atoms with van der Waals surface area (Å²) in [6.07, 6.45) is 0. The van der Waals surface area contributed by atoms with Crippen molar-refractivity contribution in [2.24, 2.45) is 5.73 Å². The number of methoxy groups -OCH3 is 1. The molecule has 1 aromatic rings. The fraction of sp³-hybridized carbons (Fsp3) is 0.286. The molecule has 2 N–H and O–H groups in total. The molecule has 0 unspecified atom stereocenters. The quantitative estimate of drug-likeness (QED) is 0.694. The van der Waals surface area contributed by atoms with Crippen LogP contribution in [-0.2, 0) is 0 Å². The van der Waals surface area contributed by atoms with Gasteiger partial charge in [-0.05, 0) is 5.16 Å². The Morgan fingerprint density at radius 3 is 3.09 bits per heavy atom. The van der Waals surface area contributed by atoms with Crippen molar-refractivity contribution in [1.82, 2.24) is 5.16 Å². The molecule has 1 rings (SSSR count). The van der Waals surface area contributed by atoms with Crippen LogP contribution in [0.3, 0.4) is 0 Å². The zero-order chi connectivity index (χ0) is 8.27. The van der Waals surface area contributed by atoms with E-state index in [-0.39, 0.29) is 0 Å². The topological polar surface area (TPSA) is 61.3 Å². The highest BCUT2D eigenvalue weighted by Gasteiger charge is 2.05. The predicted molar refractivity (Wildman–Crippen MR) is 41.1 cm³/mol. The fourth-order valence-electron chi connectivity index (χ4n) is 0.622. The Labute approximate surface area is 64.6 Å². The van der Waals surface area contributed by atoms with Gasteiger partial charge >= 0.3 is 0 Å². The third-order valence-corrected chi connectivity index (χ3v) is 1.29. The fourth-order valence-corrected chi connectivity index (χ4v) is 0.622. The summed E-state index contributed by atoms with van der Waals surface area (Å²) in [5.74, 6) is 1.01. The van der Waals surface area contributed by atoms with Gasteiger partial charge in [-0.25, -0.2) is 0 Å². The molecule has 0 spiro atoms. The molecule has 1 heterocycles. The first kappa shape index (κ1) is 7.81. The van der Waals surface area contributed by atoms with E-state index < -0.39 is 0 Å². The van der Waals surface area contributed by atoms with Gasteiger partial charge in [-0.15, -0.1) is 0 Å². The minimum atomic E-state index is 0.359. The number of hydrogen-bond acceptors (Lipinski definition) is 4. The van der Waals surface area contributed by atoms with Crippen LogP contribution in [0.25, 0.3) is 5.57 Å². The number of hydrogen-bond donors (Lipinski definition) is 1. The molecule has 0 fully saturated rings. The molecular weight excluding hydrogens is 144 g/mol. The van der Waals surface area contributed by atoms with E-state index in [1.807, 2.05) is 0 Å². The van der Waals surface area contributed by atoms with Crippen LogP contribution >= 0.6 is 0 Å². The van der Waals surface area contributed by atoms with Gasteiger partial charge in [-0.2, -0.15) is 0 Å². The lowest BCUT2D eigenvalue weighted by molar-refractivity contribution is 0.336. The maximum Gasteiger partial charge on any atom is 0.254 e. The van der Waals surface area contributed by atoms with Crippen LogP contribution in [0.4, 0.5) is 0 Å². The summed E-state index contributed by atoms with van der Waals surface area (Å²) in [4.78, 5) is 0. The van der Waals surface area contributed by atoms with E-state index in [4.69, 9.17) is 15.0 Å². The summed E-state index contributed by atoms with van der Waals surface area (Å²) in [6, 6.07) is 1.65. The van der Waals surface area contributed by atoms with Gasteiger partial charge in [0.1, 0.15) is 0 Å². The van der Waals surface area contributed by atoms with Crippen molar-refractivity contribution < 1.29 is 9.26 Å². The predicted octanol–water partition coefficient (Wildman–Crippen LogP) is 0.655. The standard InChI is InChI=1S/C7H10N2O2/c1-5(4-8)6-3-7(10-2)9-11-6/h3H,1,4,8H2,2H3. The molecule has 4 heteroatoms. The van der Waals surface area contributed by atoms with Crippen LogP contribution in [-0.4, -0.2) is 18.8 Å². The SMILES string of the molecule is C=C(CN)c1cc(OC)no1. The molecule has 0 aliphatic heterocycles. The first-order chi connectivity index (χ1) is 5.27. The molecule has 0 saturated carbocycles. The van der Waals surface area contributed by atoms with Crippen molar-refractivity contribution in [3.05, 3.63) is 18.4 Å². The van der Waals surface area contributed by atoms with Gasteiger partial charge in [0.05, 0.1) is 7.11 Å². The highest BCUT2D eigenvalue weighted by Crippen LogP contribution is 2.16. The zero-order valence-corrected chi connectivity index (χ0v) is 6.33. The lowest BCUT2D eigenvalue weighted by Gasteiger charge is -1.91. The van der Waals surface area contributed by atoms with Gasteiger partial charge in [-0.1, -0.05) is 6.58 Å². The van der Waals surface area contributed by atoms with E-state index in [0.29, 0.717) is 23.8 Å². The number of ether oxygens (including phenoxy) is 1. The van der Waals surface area contributed by atoms with Crippen LogP contribution in [0.15, 0.2) is 17.2 Å². The lowest BCUT2D eigenvalue weighted by atomic mass is 10.2. The van der Waals surface area contributed by atoms with E-state index >= 15 is 0 Å². The van der Waals surface area contributed by atoms with Gasteiger partial charge in [0.15, 0.2) is 5.76 Å². The van der Waals surface area contributed by atoms with Gasteiger partial charge in [0.2, 0.25) is 0 Å². The van der Waals surface area contributed by atoms with Gasteiger partial charge in [-0.3, -0.25) is 0 Å². The molecule has 0 aliphatic carbocycles. The van der Waals surface area contributed by atoms with Crippen molar-refractivity contribution >= 4 is 5.57 Å². The second-order valence-electron chi connectivity index (χ2n) is 2.04. The Balaban J connectivity index is 2.80. The molecule has 4 nitrogen and oxygen atoms in total. The van der Waals surface area contributed by atoms with E-state index in [2.05, 4.69) is 11.7 Å². The van der Waals surface area contributed by atoms with Gasteiger partial charge in [0.25, 0.3) is 5.88 Å². The second kappa shape index (κ2) is 3.21. The lowest BCUT2D eigenvalue weighted by Crippen LogP contribution is -1.99. The zero-order valence-electron chi connectivity index (χ0n) is 6.33. The van der Waals surface area contributed by atoms with Crippen LogP contribution < -0.4 is 10.5 Å². The number of nitrogens with two attached hydrogens (primary N) is 1. The van der Waals surface area contributed by atoms with Crippen LogP contribution in [0.1, 0.15) is 5.76 Å². The molecule has 0 aromatic carbocycles. The summed E-state index contributed by atoms with van der Waals surface area (Å²) in [5.41, 5.74) is 6.04. The minimum absolute atomic E-state index is 0.359. The first-order valence-electron chi connectivity index (χ1n) is 3.17. The molecule has 0 bridgehead atoms. The maximum absolute atomic E-state index is 5.33. The smallest absolute Gasteiger partial charge is 0.254 e. The Morgan fingerprint density at radius 2 is 2.64 bits per heavy atom. The van der Waals surface area contributed by atoms with Crippen LogP contribution in [0.5, 0.6) is 5.88 Å². The average molecular weight is 154 g/mol. The number of rotatable bonds is 3. The van der Waals surface area contributed by atoms with Crippen molar-refractivity contribution in [2.75, 3.05) is 13.7 Å². The number of nitrogens with zero attached hydrogens (tertiary/aromatic N) is 1. The Morgan fingerprint density at radius 1 is 1.91 bits per heavy atom. The Kier molecular flexibility index (Phi) is 2.28. The second-order valence-corrected chi connectivity index (χ2v) is 2.04. The van der Waals surface area contributed by atoms with Crippen molar-refractivity contribution in [3.8, 4) is 5.88 Å². The van der Waals surface area contributed by atoms with Crippen molar-refractivity contribution in [3.63, 3.8) is 0 Å². The molecule has 0 radical (unpaired) electrons. The van der Waals surface area contributed by atoms with Crippen LogP contribution in [0, 0.1) is 0 Å². The molecule has 60 valence electrons. The molecule has 0 aliphatic rings. The maximum atomic E-state index is 5.33. The van der Waals surface area contributed by atoms with Gasteiger partial charge < -0.3 is 15.0 Å². The summed E-state index contributed by atoms with van der Waals surface area (Å²) in [5, 5.41) is 3.59. The monoisotopic (exact) mass is 154 g/mol. The largest absolute Gasteiger partial charge is 0.479 e. The summed E-state index contributed by atoms with van der Waals surface area (Å²) >= 11 is 0. The van der Waals surface area contributed by atoms with Crippen molar-refractivity contribution in [1.29, 1.82) is 0 Å². The molecule has 0 saturated heterocycles. The molecule has 0 amide bonds. The molecule has 11 heavy (non-hydrogen) atoms. The highest BCUT2D eigenvalue weighted by molar-refractivity contribution is 5.60.